The Morgan fingerprint density at radius 3 is 2.47 bits per heavy atom. The van der Waals surface area contributed by atoms with Crippen LogP contribution in [0.5, 0.6) is 0 Å². The smallest absolute Gasteiger partial charge is 0.0590 e. The third-order valence-electron chi connectivity index (χ3n) is 3.19. The van der Waals surface area contributed by atoms with Crippen LogP contribution in [0.2, 0.25) is 0 Å². The molecule has 0 spiro atoms. The second-order valence-electron chi connectivity index (χ2n) is 4.55. The largest absolute Gasteiger partial charge is 0.393 e. The van der Waals surface area contributed by atoms with Gasteiger partial charge in [0.05, 0.1) is 6.10 Å². The van der Waals surface area contributed by atoms with Crippen molar-refractivity contribution in [3.63, 3.8) is 0 Å². The summed E-state index contributed by atoms with van der Waals surface area (Å²) < 4.78 is 0. The zero-order valence-corrected chi connectivity index (χ0v) is 11.3. The van der Waals surface area contributed by atoms with Gasteiger partial charge in [-0.2, -0.15) is 0 Å². The van der Waals surface area contributed by atoms with Gasteiger partial charge in [-0.05, 0) is 17.9 Å². The highest BCUT2D eigenvalue weighted by atomic mass is 16.3. The number of likely N-dealkylation sites (tertiary alicyclic amines) is 1. The molecule has 0 aromatic heterocycles. The zero-order valence-electron chi connectivity index (χ0n) is 11.3. The van der Waals surface area contributed by atoms with E-state index in [9.17, 15) is 5.11 Å². The van der Waals surface area contributed by atoms with E-state index in [1.807, 2.05) is 19.9 Å². The van der Waals surface area contributed by atoms with Crippen molar-refractivity contribution in [2.75, 3.05) is 13.1 Å². The van der Waals surface area contributed by atoms with Crippen LogP contribution >= 0.6 is 0 Å². The first-order valence-electron chi connectivity index (χ1n) is 6.70. The lowest BCUT2D eigenvalue weighted by Gasteiger charge is -2.34. The minimum absolute atomic E-state index is 0.1000. The summed E-state index contributed by atoms with van der Waals surface area (Å²) in [6, 6.07) is 10.5. The molecule has 1 heterocycles. The molecule has 2 rings (SSSR count). The van der Waals surface area contributed by atoms with Crippen molar-refractivity contribution in [2.24, 2.45) is 5.92 Å². The van der Waals surface area contributed by atoms with Gasteiger partial charge in [0.1, 0.15) is 0 Å². The Bertz CT molecular complexity index is 299. The van der Waals surface area contributed by atoms with Crippen molar-refractivity contribution in [3.05, 3.63) is 35.9 Å². The molecule has 0 aliphatic carbocycles. The van der Waals surface area contributed by atoms with Crippen LogP contribution in [0.25, 0.3) is 0 Å². The van der Waals surface area contributed by atoms with Gasteiger partial charge in [-0.25, -0.2) is 0 Å². The van der Waals surface area contributed by atoms with Crippen LogP contribution in [0.4, 0.5) is 0 Å². The summed E-state index contributed by atoms with van der Waals surface area (Å²) in [5.41, 5.74) is 1.36. The van der Waals surface area contributed by atoms with Crippen molar-refractivity contribution in [2.45, 2.75) is 39.8 Å². The Morgan fingerprint density at radius 2 is 1.88 bits per heavy atom. The summed E-state index contributed by atoms with van der Waals surface area (Å²) in [7, 11) is 0. The van der Waals surface area contributed by atoms with Crippen LogP contribution in [0.1, 0.15) is 32.8 Å². The Kier molecular flexibility index (Phi) is 6.23. The van der Waals surface area contributed by atoms with Gasteiger partial charge in [0.2, 0.25) is 0 Å². The average molecular weight is 235 g/mol. The van der Waals surface area contributed by atoms with Crippen molar-refractivity contribution < 1.29 is 5.11 Å². The van der Waals surface area contributed by atoms with Gasteiger partial charge in [-0.15, -0.1) is 0 Å². The monoisotopic (exact) mass is 235 g/mol. The maximum atomic E-state index is 9.63. The molecule has 1 aromatic rings. The zero-order chi connectivity index (χ0) is 12.7. The number of nitrogens with zero attached hydrogens (tertiary/aromatic N) is 1. The lowest BCUT2D eigenvalue weighted by molar-refractivity contribution is 0.0320. The van der Waals surface area contributed by atoms with Crippen molar-refractivity contribution in [1.29, 1.82) is 0 Å². The quantitative estimate of drug-likeness (QED) is 0.852. The van der Waals surface area contributed by atoms with E-state index in [4.69, 9.17) is 0 Å². The normalized spacial score (nSPS) is 24.9. The number of piperidine rings is 1. The van der Waals surface area contributed by atoms with Gasteiger partial charge < -0.3 is 5.11 Å². The lowest BCUT2D eigenvalue weighted by atomic mass is 9.96. The predicted molar refractivity (Wildman–Crippen MR) is 72.9 cm³/mol. The van der Waals surface area contributed by atoms with Crippen LogP contribution in [-0.2, 0) is 6.54 Å². The molecule has 2 nitrogen and oxygen atoms in total. The molecule has 2 atom stereocenters. The van der Waals surface area contributed by atoms with Crippen molar-refractivity contribution in [1.82, 2.24) is 4.90 Å². The molecule has 0 radical (unpaired) electrons. The van der Waals surface area contributed by atoms with Crippen LogP contribution in [0.15, 0.2) is 30.3 Å². The van der Waals surface area contributed by atoms with E-state index in [0.29, 0.717) is 5.92 Å². The predicted octanol–water partition coefficient (Wildman–Crippen LogP) is 2.92. The fourth-order valence-corrected chi connectivity index (χ4v) is 2.20. The number of benzene rings is 1. The lowest BCUT2D eigenvalue weighted by Crippen LogP contribution is -2.41. The van der Waals surface area contributed by atoms with Crippen LogP contribution < -0.4 is 0 Å². The molecule has 0 bridgehead atoms. The van der Waals surface area contributed by atoms with Gasteiger partial charge in [0.15, 0.2) is 0 Å². The molecular formula is C15H25NO. The Hall–Kier alpha value is -0.860. The fraction of sp³-hybridized carbons (Fsp3) is 0.600. The summed E-state index contributed by atoms with van der Waals surface area (Å²) in [5, 5.41) is 9.63. The summed E-state index contributed by atoms with van der Waals surface area (Å²) in [6.07, 6.45) is 0.811. The van der Waals surface area contributed by atoms with E-state index >= 15 is 0 Å². The third kappa shape index (κ3) is 4.49. The maximum absolute atomic E-state index is 9.63. The molecule has 2 unspecified atom stereocenters. The Balaban J connectivity index is 0.000000686. The topological polar surface area (TPSA) is 23.5 Å². The maximum Gasteiger partial charge on any atom is 0.0590 e. The standard InChI is InChI=1S/C13H19NO.C2H6/c1-11-9-14(8-7-13(11)15)10-12-5-3-2-4-6-12;1-2/h2-6,11,13,15H,7-10H2,1H3;1-2H3. The van der Waals surface area contributed by atoms with Gasteiger partial charge >= 0.3 is 0 Å². The van der Waals surface area contributed by atoms with E-state index in [-0.39, 0.29) is 6.10 Å². The number of aliphatic hydroxyl groups is 1. The van der Waals surface area contributed by atoms with Crippen LogP contribution in [-0.4, -0.2) is 29.2 Å². The number of hydrogen-bond donors (Lipinski definition) is 1. The van der Waals surface area contributed by atoms with E-state index in [1.165, 1.54) is 5.56 Å². The fourth-order valence-electron chi connectivity index (χ4n) is 2.20. The minimum atomic E-state index is -0.1000. The first-order valence-corrected chi connectivity index (χ1v) is 6.70. The Labute approximate surface area is 105 Å². The first-order chi connectivity index (χ1) is 8.25. The molecule has 1 saturated heterocycles. The van der Waals surface area contributed by atoms with Crippen molar-refractivity contribution in [3.8, 4) is 0 Å². The highest BCUT2D eigenvalue weighted by Gasteiger charge is 2.23. The highest BCUT2D eigenvalue weighted by Crippen LogP contribution is 2.18. The molecule has 1 aliphatic rings. The summed E-state index contributed by atoms with van der Waals surface area (Å²) >= 11 is 0. The van der Waals surface area contributed by atoms with Crippen LogP contribution in [0, 0.1) is 5.92 Å². The van der Waals surface area contributed by atoms with Gasteiger partial charge in [-0.3, -0.25) is 4.90 Å². The van der Waals surface area contributed by atoms with Gasteiger partial charge in [-0.1, -0.05) is 51.1 Å². The van der Waals surface area contributed by atoms with E-state index in [1.54, 1.807) is 0 Å². The second-order valence-corrected chi connectivity index (χ2v) is 4.55. The molecule has 1 aromatic carbocycles. The first kappa shape index (κ1) is 14.2. The molecular weight excluding hydrogens is 210 g/mol. The minimum Gasteiger partial charge on any atom is -0.393 e. The molecule has 0 amide bonds. The molecule has 0 saturated carbocycles. The van der Waals surface area contributed by atoms with Gasteiger partial charge in [0, 0.05) is 19.6 Å². The van der Waals surface area contributed by atoms with E-state index in [2.05, 4.69) is 36.1 Å². The molecule has 1 N–H and O–H groups in total. The SMILES string of the molecule is CC.CC1CN(Cc2ccccc2)CCC1O. The summed E-state index contributed by atoms with van der Waals surface area (Å²) in [5.74, 6) is 0.405. The number of aliphatic hydroxyl groups excluding tert-OH is 1. The average Bonchev–Trinajstić information content (AvgIpc) is 2.38. The van der Waals surface area contributed by atoms with E-state index < -0.39 is 0 Å². The summed E-state index contributed by atoms with van der Waals surface area (Å²) in [4.78, 5) is 2.42. The molecule has 1 aliphatic heterocycles. The van der Waals surface area contributed by atoms with E-state index in [0.717, 1.165) is 26.1 Å². The number of hydrogen-bond acceptors (Lipinski definition) is 2. The van der Waals surface area contributed by atoms with Crippen molar-refractivity contribution >= 4 is 0 Å². The Morgan fingerprint density at radius 1 is 1.24 bits per heavy atom. The molecule has 1 fully saturated rings. The molecule has 17 heavy (non-hydrogen) atoms. The van der Waals surface area contributed by atoms with Crippen LogP contribution in [0.3, 0.4) is 0 Å². The van der Waals surface area contributed by atoms with Gasteiger partial charge in [0.25, 0.3) is 0 Å². The number of rotatable bonds is 2. The molecule has 96 valence electrons. The molecule has 2 heteroatoms. The summed E-state index contributed by atoms with van der Waals surface area (Å²) in [6.45, 7) is 9.16. The second kappa shape index (κ2) is 7.46. The third-order valence-corrected chi connectivity index (χ3v) is 3.19. The highest BCUT2D eigenvalue weighted by molar-refractivity contribution is 5.14.